The van der Waals surface area contributed by atoms with Crippen LogP contribution in [-0.4, -0.2) is 4.57 Å². The number of imidazole rings is 1. The first-order chi connectivity index (χ1) is 17.2. The summed E-state index contributed by atoms with van der Waals surface area (Å²) < 4.78 is 5.11. The van der Waals surface area contributed by atoms with Crippen molar-refractivity contribution in [3.8, 4) is 0 Å². The molecule has 0 spiro atoms. The van der Waals surface area contributed by atoms with E-state index in [1.54, 1.807) is 5.82 Å². The Morgan fingerprint density at radius 2 is 0.914 bits per heavy atom. The van der Waals surface area contributed by atoms with Crippen LogP contribution in [0.1, 0.15) is 187 Å². The second-order valence-electron chi connectivity index (χ2n) is 11.6. The Morgan fingerprint density at radius 3 is 1.31 bits per heavy atom. The third-order valence-electron chi connectivity index (χ3n) is 7.79. The van der Waals surface area contributed by atoms with Crippen molar-refractivity contribution >= 4 is 0 Å². The van der Waals surface area contributed by atoms with Crippen molar-refractivity contribution in [2.24, 2.45) is 0 Å². The molecule has 35 heavy (non-hydrogen) atoms. The van der Waals surface area contributed by atoms with Gasteiger partial charge in [0, 0.05) is 0 Å². The Kier molecular flexibility index (Phi) is 21.7. The molecule has 0 aliphatic carbocycles. The number of hydrogen-bond donors (Lipinski definition) is 0. The normalized spacial score (nSPS) is 11.7. The maximum atomic E-state index is 2.56. The first kappa shape index (κ1) is 32.2. The van der Waals surface area contributed by atoms with Crippen molar-refractivity contribution in [3.05, 3.63) is 18.2 Å². The van der Waals surface area contributed by atoms with Crippen LogP contribution in [0.2, 0.25) is 0 Å². The standard InChI is InChI=1S/C33H65N2/c1-5-7-9-11-13-15-17-19-21-23-25-27-29-35-31-30-34(33(35)32(3)4)28-26-24-22-20-18-16-14-12-10-8-6-2/h30-32H,5-29H2,1-4H3/q+1. The Balaban J connectivity index is 2.09. The van der Waals surface area contributed by atoms with E-state index < -0.39 is 0 Å². The number of rotatable bonds is 26. The van der Waals surface area contributed by atoms with Gasteiger partial charge in [-0.2, -0.15) is 0 Å². The minimum atomic E-state index is 0.607. The van der Waals surface area contributed by atoms with Crippen LogP contribution in [-0.2, 0) is 13.1 Å². The van der Waals surface area contributed by atoms with Crippen LogP contribution in [0.25, 0.3) is 0 Å². The van der Waals surface area contributed by atoms with Crippen LogP contribution in [0.4, 0.5) is 0 Å². The molecule has 0 aliphatic rings. The molecule has 0 radical (unpaired) electrons. The molecule has 0 atom stereocenters. The van der Waals surface area contributed by atoms with Gasteiger partial charge in [0.25, 0.3) is 5.82 Å². The lowest BCUT2D eigenvalue weighted by Gasteiger charge is -2.08. The lowest BCUT2D eigenvalue weighted by atomic mass is 10.1. The van der Waals surface area contributed by atoms with Crippen LogP contribution >= 0.6 is 0 Å². The van der Waals surface area contributed by atoms with E-state index in [9.17, 15) is 0 Å². The summed E-state index contributed by atoms with van der Waals surface area (Å²) in [5.74, 6) is 2.15. The van der Waals surface area contributed by atoms with Gasteiger partial charge in [0.05, 0.1) is 19.0 Å². The molecule has 1 aromatic heterocycles. The van der Waals surface area contributed by atoms with Crippen LogP contribution in [0.5, 0.6) is 0 Å². The summed E-state index contributed by atoms with van der Waals surface area (Å²) in [6.07, 6.45) is 37.5. The molecule has 0 N–H and O–H groups in total. The topological polar surface area (TPSA) is 8.81 Å². The van der Waals surface area contributed by atoms with E-state index in [1.807, 2.05) is 0 Å². The molecule has 1 rings (SSSR count). The van der Waals surface area contributed by atoms with Gasteiger partial charge >= 0.3 is 0 Å². The molecule has 0 aromatic carbocycles. The number of hydrogen-bond acceptors (Lipinski definition) is 0. The Hall–Kier alpha value is -0.790. The van der Waals surface area contributed by atoms with Crippen LogP contribution in [0.15, 0.2) is 12.4 Å². The van der Waals surface area contributed by atoms with E-state index in [1.165, 1.54) is 161 Å². The minimum Gasteiger partial charge on any atom is -0.234 e. The Labute approximate surface area is 221 Å². The van der Waals surface area contributed by atoms with Crippen molar-refractivity contribution in [2.45, 2.75) is 194 Å². The summed E-state index contributed by atoms with van der Waals surface area (Å²) in [6.45, 7) is 11.7. The third-order valence-corrected chi connectivity index (χ3v) is 7.79. The van der Waals surface area contributed by atoms with Crippen molar-refractivity contribution < 1.29 is 4.57 Å². The molecule has 0 amide bonds. The van der Waals surface area contributed by atoms with Crippen molar-refractivity contribution in [1.29, 1.82) is 0 Å². The minimum absolute atomic E-state index is 0.607. The SMILES string of the molecule is CCCCCCCCCCCCCCn1cc[n+](CCCCCCCCCCCCC)c1C(C)C. The summed E-state index contributed by atoms with van der Waals surface area (Å²) in [7, 11) is 0. The fraction of sp³-hybridized carbons (Fsp3) is 0.909. The van der Waals surface area contributed by atoms with E-state index >= 15 is 0 Å². The van der Waals surface area contributed by atoms with Crippen molar-refractivity contribution in [3.63, 3.8) is 0 Å². The maximum Gasteiger partial charge on any atom is 0.258 e. The largest absolute Gasteiger partial charge is 0.258 e. The van der Waals surface area contributed by atoms with E-state index in [2.05, 4.69) is 49.2 Å². The van der Waals surface area contributed by atoms with Gasteiger partial charge in [-0.25, -0.2) is 9.13 Å². The molecule has 2 nitrogen and oxygen atoms in total. The summed E-state index contributed by atoms with van der Waals surface area (Å²) >= 11 is 0. The first-order valence-corrected chi connectivity index (χ1v) is 16.3. The van der Waals surface area contributed by atoms with Crippen LogP contribution in [0.3, 0.4) is 0 Å². The van der Waals surface area contributed by atoms with Gasteiger partial charge in [-0.05, 0) is 25.7 Å². The zero-order valence-corrected chi connectivity index (χ0v) is 24.8. The van der Waals surface area contributed by atoms with Gasteiger partial charge < -0.3 is 0 Å². The molecule has 0 saturated heterocycles. The van der Waals surface area contributed by atoms with Gasteiger partial charge in [-0.3, -0.25) is 0 Å². The molecule has 206 valence electrons. The fourth-order valence-electron chi connectivity index (χ4n) is 5.59. The van der Waals surface area contributed by atoms with Crippen LogP contribution < -0.4 is 4.57 Å². The average molecular weight is 490 g/mol. The molecular formula is C33H65N2+. The molecule has 0 unspecified atom stereocenters. The zero-order chi connectivity index (χ0) is 25.4. The van der Waals surface area contributed by atoms with Crippen LogP contribution in [0, 0.1) is 0 Å². The highest BCUT2D eigenvalue weighted by Gasteiger charge is 2.19. The van der Waals surface area contributed by atoms with Gasteiger partial charge in [0.2, 0.25) is 0 Å². The summed E-state index contributed by atoms with van der Waals surface area (Å²) in [6, 6.07) is 0. The molecule has 0 saturated carbocycles. The third kappa shape index (κ3) is 17.3. The number of nitrogens with zero attached hydrogens (tertiary/aromatic N) is 2. The molecule has 0 aliphatic heterocycles. The van der Waals surface area contributed by atoms with E-state index in [0.29, 0.717) is 5.92 Å². The average Bonchev–Trinajstić information content (AvgIpc) is 3.26. The smallest absolute Gasteiger partial charge is 0.234 e. The molecule has 0 bridgehead atoms. The van der Waals surface area contributed by atoms with Crippen molar-refractivity contribution in [2.75, 3.05) is 0 Å². The number of unbranched alkanes of at least 4 members (excludes halogenated alkanes) is 21. The molecule has 1 heterocycles. The summed E-state index contributed by atoms with van der Waals surface area (Å²) in [5, 5.41) is 0. The first-order valence-electron chi connectivity index (χ1n) is 16.3. The highest BCUT2D eigenvalue weighted by Crippen LogP contribution is 2.16. The van der Waals surface area contributed by atoms with Gasteiger partial charge in [-0.1, -0.05) is 150 Å². The predicted octanol–water partition coefficient (Wildman–Crippen LogP) is 10.9. The number of aryl methyl sites for hydroxylation is 2. The quantitative estimate of drug-likeness (QED) is 0.0903. The highest BCUT2D eigenvalue weighted by atomic mass is 15.1. The second kappa shape index (κ2) is 23.6. The zero-order valence-electron chi connectivity index (χ0n) is 24.8. The second-order valence-corrected chi connectivity index (χ2v) is 11.6. The summed E-state index contributed by atoms with van der Waals surface area (Å²) in [4.78, 5) is 0. The monoisotopic (exact) mass is 490 g/mol. The lowest BCUT2D eigenvalue weighted by Crippen LogP contribution is -2.38. The van der Waals surface area contributed by atoms with Gasteiger partial charge in [-0.15, -0.1) is 0 Å². The molecule has 1 aromatic rings. The fourth-order valence-corrected chi connectivity index (χ4v) is 5.59. The van der Waals surface area contributed by atoms with E-state index in [0.717, 1.165) is 0 Å². The predicted molar refractivity (Wildman–Crippen MR) is 156 cm³/mol. The molecule has 0 fully saturated rings. The van der Waals surface area contributed by atoms with E-state index in [-0.39, 0.29) is 0 Å². The number of aromatic nitrogens is 2. The molecular weight excluding hydrogens is 424 g/mol. The lowest BCUT2D eigenvalue weighted by molar-refractivity contribution is -0.705. The Bertz CT molecular complexity index is 559. The Morgan fingerprint density at radius 1 is 0.543 bits per heavy atom. The van der Waals surface area contributed by atoms with Crippen molar-refractivity contribution in [1.82, 2.24) is 4.57 Å². The maximum absolute atomic E-state index is 2.56. The van der Waals surface area contributed by atoms with Gasteiger partial charge in [0.1, 0.15) is 12.4 Å². The van der Waals surface area contributed by atoms with E-state index in [4.69, 9.17) is 0 Å². The molecule has 2 heteroatoms. The van der Waals surface area contributed by atoms with Gasteiger partial charge in [0.15, 0.2) is 0 Å². The summed E-state index contributed by atoms with van der Waals surface area (Å²) in [5.41, 5.74) is 0. The highest BCUT2D eigenvalue weighted by molar-refractivity contribution is 4.89.